The Morgan fingerprint density at radius 3 is 1.73 bits per heavy atom. The number of nitrogens with one attached hydrogen (secondary N) is 10. The molecular weight excluding hydrogens is 1240 g/mol. The van der Waals surface area contributed by atoms with Gasteiger partial charge >= 0.3 is 5.97 Å². The number of carbonyl (C=O) groups excluding carboxylic acids is 9. The number of hydrogen-bond acceptors (Lipinski definition) is 16. The Morgan fingerprint density at radius 2 is 1.13 bits per heavy atom. The molecule has 18 N–H and O–H groups in total. The average Bonchev–Trinajstić information content (AvgIpc) is 1.81. The number of aromatic nitrogens is 3. The summed E-state index contributed by atoms with van der Waals surface area (Å²) < 4.78 is 0. The van der Waals surface area contributed by atoms with Gasteiger partial charge in [-0.15, -0.1) is 0 Å². The quantitative estimate of drug-likeness (QED) is 0.00991. The van der Waals surface area contributed by atoms with Crippen LogP contribution in [-0.2, 0) is 80.0 Å². The molecule has 30 heteroatoms. The monoisotopic (exact) mass is 1310 g/mol. The number of phenolic OH excluding ortho intramolecular Hbond substituents is 1. The summed E-state index contributed by atoms with van der Waals surface area (Å²) in [5.41, 5.74) is 21.0. The molecule has 93 heavy (non-hydrogen) atoms. The molecular formula is C63H78N16O12S2. The van der Waals surface area contributed by atoms with Crippen molar-refractivity contribution in [2.75, 3.05) is 31.1 Å². The highest BCUT2D eigenvalue weighted by Crippen LogP contribution is 2.22. The van der Waals surface area contributed by atoms with Crippen LogP contribution in [0.25, 0.3) is 10.9 Å². The van der Waals surface area contributed by atoms with E-state index < -0.39 is 120 Å². The van der Waals surface area contributed by atoms with E-state index >= 15 is 9.59 Å². The van der Waals surface area contributed by atoms with Crippen molar-refractivity contribution in [3.05, 3.63) is 156 Å². The Hall–Kier alpha value is -9.94. The van der Waals surface area contributed by atoms with E-state index in [1.807, 2.05) is 12.1 Å². The lowest BCUT2D eigenvalue weighted by Gasteiger charge is -2.28. The predicted molar refractivity (Wildman–Crippen MR) is 351 cm³/mol. The molecule has 1 saturated heterocycles. The number of thiol groups is 2. The molecule has 3 heterocycles. The molecule has 0 bridgehead atoms. The number of carbonyl (C=O) groups is 10. The molecule has 0 spiro atoms. The Morgan fingerprint density at radius 1 is 0.602 bits per heavy atom. The summed E-state index contributed by atoms with van der Waals surface area (Å²) in [4.78, 5) is 155. The number of nitrogens with two attached hydrogens (primary N) is 3. The minimum atomic E-state index is -1.49. The van der Waals surface area contributed by atoms with Gasteiger partial charge < -0.3 is 84.8 Å². The molecule has 6 aromatic rings. The van der Waals surface area contributed by atoms with Crippen LogP contribution in [0.5, 0.6) is 5.75 Å². The van der Waals surface area contributed by atoms with Crippen molar-refractivity contribution >= 4 is 101 Å². The van der Waals surface area contributed by atoms with Gasteiger partial charge in [0.05, 0.1) is 18.9 Å². The SMILES string of the molecule is NC(N)=NCCC[C@H](NC(=O)[C@H](CS)NC(=O)[C@@H](N)Cc1ccccc1)C(=O)N[C@@H](Cc1ccccc1)C(=O)N[C@@H](Cc1c[nH]c2ccccc12)C(=O)N[C@@H](Cc1ccc(O)cc1)C(=O)NCC(=O)N[C@@H](CS)C(=O)N[C@@H](Cc1cnc[nH]1)C(=O)N1CCC[C@H]1C(=O)O. The Labute approximate surface area is 546 Å². The number of aliphatic imine (C=N–C) groups is 1. The van der Waals surface area contributed by atoms with Crippen LogP contribution in [0.2, 0.25) is 0 Å². The molecule has 0 saturated carbocycles. The van der Waals surface area contributed by atoms with Crippen LogP contribution in [0.4, 0.5) is 0 Å². The lowest BCUT2D eigenvalue weighted by molar-refractivity contribution is -0.149. The largest absolute Gasteiger partial charge is 0.508 e. The molecule has 2 aromatic heterocycles. The van der Waals surface area contributed by atoms with E-state index in [1.165, 1.54) is 41.7 Å². The molecule has 1 aliphatic rings. The summed E-state index contributed by atoms with van der Waals surface area (Å²) in [6, 6.07) is 18.8. The third-order valence-electron chi connectivity index (χ3n) is 15.4. The number of aromatic amines is 2. The van der Waals surface area contributed by atoms with Crippen molar-refractivity contribution in [2.45, 2.75) is 112 Å². The van der Waals surface area contributed by atoms with Crippen molar-refractivity contribution in [1.29, 1.82) is 0 Å². The summed E-state index contributed by atoms with van der Waals surface area (Å²) in [6.07, 6.45) is 4.75. The minimum absolute atomic E-state index is 0.0495. The summed E-state index contributed by atoms with van der Waals surface area (Å²) in [6.45, 7) is -0.554. The molecule has 4 aromatic carbocycles. The van der Waals surface area contributed by atoms with Gasteiger partial charge in [-0.1, -0.05) is 91.0 Å². The number of amides is 9. The standard InChI is InChI=1S/C63H78N16O12S2/c64-43(25-36-11-3-1-4-12-36)54(82)78-51(34-93)60(88)73-45(17-9-23-68-63(65)66)56(84)75-47(26-37-13-5-2-6-14-37)57(85)76-48(28-39-30-69-44-16-8-7-15-42(39)44)58(86)74-46(27-38-19-21-41(80)22-20-38)55(83)70-32-53(81)72-50(33-92)59(87)77-49(29-40-31-67-35-71-40)61(89)79-24-10-18-52(79)62(90)91/h1-8,11-16,19-22,30-31,35,43,45-52,69,80,92-93H,9-10,17-18,23-29,32-34,64H2,(H,67,71)(H,70,83)(H,72,81)(H,73,88)(H,74,86)(H,75,84)(H,76,85)(H,77,87)(H,78,82)(H,90,91)(H4,65,66,68)/t43-,45-,46-,47-,48-,49-,50-,51-,52-/m0/s1. The number of H-pyrrole nitrogens is 2. The molecule has 7 rings (SSSR count). The third kappa shape index (κ3) is 21.3. The summed E-state index contributed by atoms with van der Waals surface area (Å²) in [5, 5.41) is 41.9. The lowest BCUT2D eigenvalue weighted by Crippen LogP contribution is -2.60. The summed E-state index contributed by atoms with van der Waals surface area (Å²) in [5.74, 6) is -9.26. The molecule has 0 unspecified atom stereocenters. The number of nitrogens with zero attached hydrogens (tertiary/aromatic N) is 3. The zero-order valence-corrected chi connectivity index (χ0v) is 52.5. The van der Waals surface area contributed by atoms with Gasteiger partial charge in [-0.05, 0) is 72.6 Å². The first-order valence-corrected chi connectivity index (χ1v) is 31.3. The first-order chi connectivity index (χ1) is 44.7. The lowest BCUT2D eigenvalue weighted by atomic mass is 10.00. The normalized spacial score (nSPS) is 15.3. The maximum Gasteiger partial charge on any atom is 0.326 e. The number of imidazole rings is 1. The number of benzene rings is 4. The molecule has 494 valence electrons. The first-order valence-electron chi connectivity index (χ1n) is 30.0. The van der Waals surface area contributed by atoms with E-state index in [0.717, 1.165) is 5.56 Å². The highest BCUT2D eigenvalue weighted by molar-refractivity contribution is 7.80. The van der Waals surface area contributed by atoms with E-state index in [4.69, 9.17) is 17.2 Å². The molecule has 1 fully saturated rings. The second-order valence-electron chi connectivity index (χ2n) is 22.2. The molecule has 9 atom stereocenters. The maximum atomic E-state index is 15.0. The maximum absolute atomic E-state index is 15.0. The van der Waals surface area contributed by atoms with Gasteiger partial charge in [0.25, 0.3) is 0 Å². The van der Waals surface area contributed by atoms with Crippen LogP contribution in [0.1, 0.15) is 53.6 Å². The zero-order chi connectivity index (χ0) is 67.0. The van der Waals surface area contributed by atoms with Gasteiger partial charge in [-0.25, -0.2) is 9.78 Å². The summed E-state index contributed by atoms with van der Waals surface area (Å²) in [7, 11) is 0. The number of guanidine groups is 1. The Kier molecular flexibility index (Phi) is 26.6. The zero-order valence-electron chi connectivity index (χ0n) is 50.7. The van der Waals surface area contributed by atoms with E-state index in [0.29, 0.717) is 39.7 Å². The third-order valence-corrected chi connectivity index (χ3v) is 16.1. The second-order valence-corrected chi connectivity index (χ2v) is 23.0. The number of carboxylic acids is 1. The Balaban J connectivity index is 1.10. The fraction of sp³-hybridized carbons (Fsp3) is 0.365. The number of carboxylic acid groups (broad SMARTS) is 1. The second kappa shape index (κ2) is 35.0. The summed E-state index contributed by atoms with van der Waals surface area (Å²) >= 11 is 8.59. The number of hydrogen-bond donors (Lipinski definition) is 17. The van der Waals surface area contributed by atoms with Crippen LogP contribution < -0.4 is 59.7 Å². The molecule has 0 radical (unpaired) electrons. The van der Waals surface area contributed by atoms with Crippen molar-refractivity contribution in [2.24, 2.45) is 22.2 Å². The highest BCUT2D eigenvalue weighted by Gasteiger charge is 2.39. The highest BCUT2D eigenvalue weighted by atomic mass is 32.1. The van der Waals surface area contributed by atoms with Crippen LogP contribution >= 0.6 is 25.3 Å². The predicted octanol–water partition coefficient (Wildman–Crippen LogP) is -1.06. The molecule has 1 aliphatic heterocycles. The molecule has 9 amide bonds. The molecule has 28 nitrogen and oxygen atoms in total. The fourth-order valence-electron chi connectivity index (χ4n) is 10.5. The number of para-hydroxylation sites is 1. The average molecular weight is 1320 g/mol. The van der Waals surface area contributed by atoms with Crippen molar-refractivity contribution in [3.8, 4) is 5.75 Å². The fourth-order valence-corrected chi connectivity index (χ4v) is 11.0. The number of phenols is 1. The van der Waals surface area contributed by atoms with Gasteiger partial charge in [0.1, 0.15) is 54.1 Å². The van der Waals surface area contributed by atoms with Crippen LogP contribution in [0.15, 0.2) is 133 Å². The smallest absolute Gasteiger partial charge is 0.326 e. The van der Waals surface area contributed by atoms with E-state index in [1.54, 1.807) is 79.0 Å². The van der Waals surface area contributed by atoms with Crippen molar-refractivity contribution in [1.82, 2.24) is 62.4 Å². The van der Waals surface area contributed by atoms with Crippen molar-refractivity contribution < 1.29 is 58.2 Å². The van der Waals surface area contributed by atoms with Gasteiger partial charge in [-0.3, -0.25) is 48.1 Å². The Bertz CT molecular complexity index is 3560. The van der Waals surface area contributed by atoms with Crippen molar-refractivity contribution in [3.63, 3.8) is 0 Å². The topological polar surface area (TPSA) is 446 Å². The number of aliphatic carboxylic acids is 1. The van der Waals surface area contributed by atoms with E-state index in [-0.39, 0.29) is 87.7 Å². The van der Waals surface area contributed by atoms with Gasteiger partial charge in [0.15, 0.2) is 5.96 Å². The first kappa shape index (κ1) is 70.5. The van der Waals surface area contributed by atoms with Gasteiger partial charge in [0.2, 0.25) is 53.2 Å². The minimum Gasteiger partial charge on any atom is -0.508 e. The number of rotatable bonds is 34. The van der Waals surface area contributed by atoms with E-state index in [2.05, 4.69) is 87.7 Å². The van der Waals surface area contributed by atoms with Gasteiger partial charge in [0, 0.05) is 79.3 Å². The number of aromatic hydroxyl groups is 1. The number of likely N-dealkylation sites (tertiary alicyclic amines) is 1. The van der Waals surface area contributed by atoms with E-state index in [9.17, 15) is 48.6 Å². The van der Waals surface area contributed by atoms with Gasteiger partial charge in [-0.2, -0.15) is 25.3 Å². The van der Waals surface area contributed by atoms with Crippen LogP contribution in [0.3, 0.4) is 0 Å². The van der Waals surface area contributed by atoms with Crippen LogP contribution in [0, 0.1) is 0 Å². The number of fused-ring (bicyclic) bond motifs is 1. The van der Waals surface area contributed by atoms with Crippen LogP contribution in [-0.4, -0.2) is 181 Å². The molecule has 0 aliphatic carbocycles.